The van der Waals surface area contributed by atoms with Crippen LogP contribution in [0.3, 0.4) is 0 Å². The SMILES string of the molecule is CCOC(=O)C1(NC(=O)c2ccccc2Cl)CCCCC1. The summed E-state index contributed by atoms with van der Waals surface area (Å²) in [6.45, 7) is 2.08. The monoisotopic (exact) mass is 309 g/mol. The lowest BCUT2D eigenvalue weighted by Gasteiger charge is -2.35. The van der Waals surface area contributed by atoms with E-state index in [4.69, 9.17) is 16.3 Å². The van der Waals surface area contributed by atoms with Crippen molar-refractivity contribution < 1.29 is 14.3 Å². The first-order valence-corrected chi connectivity index (χ1v) is 7.71. The number of ether oxygens (including phenoxy) is 1. The Hall–Kier alpha value is -1.55. The number of esters is 1. The molecule has 0 saturated heterocycles. The van der Waals surface area contributed by atoms with Gasteiger partial charge in [-0.1, -0.05) is 43.0 Å². The zero-order valence-corrected chi connectivity index (χ0v) is 12.9. The van der Waals surface area contributed by atoms with E-state index in [1.54, 1.807) is 31.2 Å². The van der Waals surface area contributed by atoms with Gasteiger partial charge < -0.3 is 10.1 Å². The summed E-state index contributed by atoms with van der Waals surface area (Å²) in [5.74, 6) is -0.666. The summed E-state index contributed by atoms with van der Waals surface area (Å²) < 4.78 is 5.17. The van der Waals surface area contributed by atoms with E-state index in [0.29, 0.717) is 30.0 Å². The van der Waals surface area contributed by atoms with Crippen LogP contribution in [0.5, 0.6) is 0 Å². The molecule has 0 atom stereocenters. The highest BCUT2D eigenvalue weighted by Crippen LogP contribution is 2.30. The molecule has 4 nitrogen and oxygen atoms in total. The van der Waals surface area contributed by atoms with Gasteiger partial charge >= 0.3 is 5.97 Å². The third-order valence-electron chi connectivity index (χ3n) is 3.84. The minimum atomic E-state index is -0.912. The van der Waals surface area contributed by atoms with Crippen LogP contribution in [0.1, 0.15) is 49.4 Å². The minimum absolute atomic E-state index is 0.308. The van der Waals surface area contributed by atoms with Crippen molar-refractivity contribution in [2.75, 3.05) is 6.61 Å². The number of hydrogen-bond donors (Lipinski definition) is 1. The normalized spacial score (nSPS) is 17.0. The van der Waals surface area contributed by atoms with Crippen molar-refractivity contribution in [3.05, 3.63) is 34.9 Å². The number of halogens is 1. The second-order valence-electron chi connectivity index (χ2n) is 5.30. The van der Waals surface area contributed by atoms with Gasteiger partial charge in [0, 0.05) is 0 Å². The molecule has 1 saturated carbocycles. The molecule has 1 N–H and O–H groups in total. The summed E-state index contributed by atoms with van der Waals surface area (Å²) in [6.07, 6.45) is 4.11. The molecule has 0 aliphatic heterocycles. The van der Waals surface area contributed by atoms with Gasteiger partial charge in [-0.15, -0.1) is 0 Å². The van der Waals surface area contributed by atoms with Crippen LogP contribution in [0.15, 0.2) is 24.3 Å². The Morgan fingerprint density at radius 2 is 1.90 bits per heavy atom. The van der Waals surface area contributed by atoms with E-state index in [0.717, 1.165) is 19.3 Å². The highest BCUT2D eigenvalue weighted by Gasteiger charge is 2.42. The van der Waals surface area contributed by atoms with Crippen LogP contribution in [0.25, 0.3) is 0 Å². The molecule has 1 amide bonds. The molecule has 1 aromatic rings. The topological polar surface area (TPSA) is 55.4 Å². The summed E-state index contributed by atoms with van der Waals surface area (Å²) >= 11 is 6.05. The Morgan fingerprint density at radius 3 is 2.52 bits per heavy atom. The van der Waals surface area contributed by atoms with Gasteiger partial charge in [0.15, 0.2) is 0 Å². The summed E-state index contributed by atoms with van der Waals surface area (Å²) in [5.41, 5.74) is -0.529. The molecular formula is C16H20ClNO3. The quantitative estimate of drug-likeness (QED) is 0.868. The largest absolute Gasteiger partial charge is 0.464 e. The third kappa shape index (κ3) is 3.56. The number of amides is 1. The Balaban J connectivity index is 2.21. The van der Waals surface area contributed by atoms with Crippen molar-refractivity contribution >= 4 is 23.5 Å². The van der Waals surface area contributed by atoms with Crippen molar-refractivity contribution in [2.45, 2.75) is 44.6 Å². The molecule has 1 fully saturated rings. The van der Waals surface area contributed by atoms with E-state index in [9.17, 15) is 9.59 Å². The lowest BCUT2D eigenvalue weighted by molar-refractivity contribution is -0.152. The van der Waals surface area contributed by atoms with E-state index in [1.807, 2.05) is 0 Å². The molecule has 0 bridgehead atoms. The number of carbonyl (C=O) groups is 2. The van der Waals surface area contributed by atoms with Crippen molar-refractivity contribution in [3.8, 4) is 0 Å². The van der Waals surface area contributed by atoms with Gasteiger partial charge in [-0.25, -0.2) is 4.79 Å². The van der Waals surface area contributed by atoms with Gasteiger partial charge in [-0.05, 0) is 31.9 Å². The first kappa shape index (κ1) is 15.8. The van der Waals surface area contributed by atoms with Gasteiger partial charge in [0.25, 0.3) is 5.91 Å². The smallest absolute Gasteiger partial charge is 0.331 e. The van der Waals surface area contributed by atoms with Gasteiger partial charge in [0.2, 0.25) is 0 Å². The molecule has 2 rings (SSSR count). The van der Waals surface area contributed by atoms with Crippen molar-refractivity contribution in [1.29, 1.82) is 0 Å². The molecule has 0 aromatic heterocycles. The zero-order valence-electron chi connectivity index (χ0n) is 12.2. The maximum absolute atomic E-state index is 12.4. The minimum Gasteiger partial charge on any atom is -0.464 e. The second-order valence-corrected chi connectivity index (χ2v) is 5.70. The van der Waals surface area contributed by atoms with Crippen molar-refractivity contribution in [3.63, 3.8) is 0 Å². The number of carbonyl (C=O) groups excluding carboxylic acids is 2. The summed E-state index contributed by atoms with van der Waals surface area (Å²) in [6, 6.07) is 6.83. The molecule has 0 spiro atoms. The summed E-state index contributed by atoms with van der Waals surface area (Å²) in [7, 11) is 0. The van der Waals surface area contributed by atoms with Crippen molar-refractivity contribution in [1.82, 2.24) is 5.32 Å². The molecule has 5 heteroatoms. The van der Waals surface area contributed by atoms with E-state index >= 15 is 0 Å². The Labute approximate surface area is 129 Å². The average Bonchev–Trinajstić information content (AvgIpc) is 2.48. The predicted molar refractivity (Wildman–Crippen MR) is 81.4 cm³/mol. The Kier molecular flexibility index (Phi) is 5.23. The lowest BCUT2D eigenvalue weighted by Crippen LogP contribution is -2.56. The number of nitrogens with one attached hydrogen (secondary N) is 1. The van der Waals surface area contributed by atoms with E-state index in [2.05, 4.69) is 5.32 Å². The number of hydrogen-bond acceptors (Lipinski definition) is 3. The van der Waals surface area contributed by atoms with Gasteiger partial charge in [0.05, 0.1) is 17.2 Å². The Bertz CT molecular complexity index is 524. The molecule has 0 unspecified atom stereocenters. The van der Waals surface area contributed by atoms with Crippen LogP contribution >= 0.6 is 11.6 Å². The van der Waals surface area contributed by atoms with Crippen LogP contribution in [-0.2, 0) is 9.53 Å². The molecule has 1 aliphatic rings. The molecule has 1 aliphatic carbocycles. The molecule has 21 heavy (non-hydrogen) atoms. The van der Waals surface area contributed by atoms with Gasteiger partial charge in [-0.3, -0.25) is 4.79 Å². The first-order chi connectivity index (χ1) is 10.1. The average molecular weight is 310 g/mol. The highest BCUT2D eigenvalue weighted by molar-refractivity contribution is 6.33. The molecule has 0 radical (unpaired) electrons. The standard InChI is InChI=1S/C16H20ClNO3/c1-2-21-15(20)16(10-6-3-7-11-16)18-14(19)12-8-4-5-9-13(12)17/h4-5,8-9H,2-3,6-7,10-11H2,1H3,(H,18,19). The Morgan fingerprint density at radius 1 is 1.24 bits per heavy atom. The molecule has 114 valence electrons. The second kappa shape index (κ2) is 6.94. The molecule has 1 aromatic carbocycles. The fourth-order valence-electron chi connectivity index (χ4n) is 2.73. The van der Waals surface area contributed by atoms with E-state index < -0.39 is 5.54 Å². The van der Waals surface area contributed by atoms with Crippen LogP contribution in [0.4, 0.5) is 0 Å². The maximum Gasteiger partial charge on any atom is 0.331 e. The van der Waals surface area contributed by atoms with Crippen LogP contribution in [0, 0.1) is 0 Å². The lowest BCUT2D eigenvalue weighted by atomic mass is 9.81. The van der Waals surface area contributed by atoms with E-state index in [-0.39, 0.29) is 11.9 Å². The fourth-order valence-corrected chi connectivity index (χ4v) is 2.96. The third-order valence-corrected chi connectivity index (χ3v) is 4.17. The number of rotatable bonds is 4. The van der Waals surface area contributed by atoms with Crippen molar-refractivity contribution in [2.24, 2.45) is 0 Å². The van der Waals surface area contributed by atoms with Crippen LogP contribution < -0.4 is 5.32 Å². The first-order valence-electron chi connectivity index (χ1n) is 7.33. The van der Waals surface area contributed by atoms with Crippen LogP contribution in [0.2, 0.25) is 5.02 Å². The highest BCUT2D eigenvalue weighted by atomic mass is 35.5. The summed E-state index contributed by atoms with van der Waals surface area (Å²) in [5, 5.41) is 3.26. The predicted octanol–water partition coefficient (Wildman–Crippen LogP) is 3.34. The number of benzene rings is 1. The molecular weight excluding hydrogens is 290 g/mol. The maximum atomic E-state index is 12.4. The van der Waals surface area contributed by atoms with Gasteiger partial charge in [-0.2, -0.15) is 0 Å². The fraction of sp³-hybridized carbons (Fsp3) is 0.500. The molecule has 0 heterocycles. The van der Waals surface area contributed by atoms with Crippen LogP contribution in [-0.4, -0.2) is 24.0 Å². The van der Waals surface area contributed by atoms with E-state index in [1.165, 1.54) is 0 Å². The van der Waals surface area contributed by atoms with Gasteiger partial charge in [0.1, 0.15) is 5.54 Å². The zero-order chi connectivity index (χ0) is 15.3. The summed E-state index contributed by atoms with van der Waals surface area (Å²) in [4.78, 5) is 24.7.